The average molecular weight is 453 g/mol. The number of carbonyl (C=O) groups is 2. The normalized spacial score (nSPS) is 19.3. The number of aryl methyl sites for hydroxylation is 1. The minimum absolute atomic E-state index is 0.0745. The molecule has 1 fully saturated rings. The summed E-state index contributed by atoms with van der Waals surface area (Å²) in [6.07, 6.45) is 4.99. The lowest BCUT2D eigenvalue weighted by Crippen LogP contribution is -2.40. The van der Waals surface area contributed by atoms with E-state index < -0.39 is 0 Å². The van der Waals surface area contributed by atoms with Gasteiger partial charge in [0.1, 0.15) is 5.70 Å². The van der Waals surface area contributed by atoms with E-state index in [1.807, 2.05) is 29.2 Å². The number of rotatable bonds is 7. The number of aliphatic hydroxyl groups is 1. The van der Waals surface area contributed by atoms with Gasteiger partial charge >= 0.3 is 0 Å². The van der Waals surface area contributed by atoms with Gasteiger partial charge in [0.25, 0.3) is 11.8 Å². The molecule has 32 heavy (non-hydrogen) atoms. The Morgan fingerprint density at radius 2 is 1.75 bits per heavy atom. The highest BCUT2D eigenvalue weighted by atomic mass is 35.5. The monoisotopic (exact) mass is 452 g/mol. The number of unbranched alkanes of at least 4 members (excludes halogenated alkanes) is 1. The molecule has 2 aromatic carbocycles. The minimum Gasteiger partial charge on any atom is -0.396 e. The first kappa shape index (κ1) is 22.6. The van der Waals surface area contributed by atoms with Gasteiger partial charge in [-0.3, -0.25) is 9.59 Å². The molecule has 1 N–H and O–H groups in total. The highest BCUT2D eigenvalue weighted by Gasteiger charge is 2.43. The summed E-state index contributed by atoms with van der Waals surface area (Å²) in [5, 5.41) is 10.3. The summed E-state index contributed by atoms with van der Waals surface area (Å²) < 4.78 is 0. The van der Waals surface area contributed by atoms with E-state index >= 15 is 0 Å². The van der Waals surface area contributed by atoms with Gasteiger partial charge in [-0.25, -0.2) is 4.90 Å². The van der Waals surface area contributed by atoms with Crippen molar-refractivity contribution in [1.82, 2.24) is 4.90 Å². The minimum atomic E-state index is -0.320. The van der Waals surface area contributed by atoms with Crippen LogP contribution in [-0.2, 0) is 16.0 Å². The molecule has 2 aliphatic rings. The Kier molecular flexibility index (Phi) is 6.97. The Hall–Kier alpha value is -2.63. The maximum absolute atomic E-state index is 13.6. The van der Waals surface area contributed by atoms with Gasteiger partial charge in [-0.2, -0.15) is 0 Å². The van der Waals surface area contributed by atoms with Crippen LogP contribution in [0.4, 0.5) is 5.69 Å². The molecule has 0 saturated carbocycles. The van der Waals surface area contributed by atoms with Crippen molar-refractivity contribution >= 4 is 34.7 Å². The fourth-order valence-corrected chi connectivity index (χ4v) is 4.66. The van der Waals surface area contributed by atoms with E-state index in [2.05, 4.69) is 6.92 Å². The predicted octanol–water partition coefficient (Wildman–Crippen LogP) is 4.67. The van der Waals surface area contributed by atoms with E-state index in [4.69, 9.17) is 11.6 Å². The summed E-state index contributed by atoms with van der Waals surface area (Å²) in [5.74, 6) is -0.530. The van der Waals surface area contributed by atoms with Gasteiger partial charge in [-0.1, -0.05) is 49.2 Å². The third-order valence-electron chi connectivity index (χ3n) is 6.30. The lowest BCUT2D eigenvalue weighted by Gasteiger charge is -2.34. The second kappa shape index (κ2) is 9.88. The zero-order chi connectivity index (χ0) is 22.7. The van der Waals surface area contributed by atoms with Crippen LogP contribution in [0.15, 0.2) is 54.2 Å². The van der Waals surface area contributed by atoms with Crippen LogP contribution in [0, 0.1) is 5.92 Å². The van der Waals surface area contributed by atoms with Crippen molar-refractivity contribution in [2.24, 2.45) is 5.92 Å². The topological polar surface area (TPSA) is 60.9 Å². The Morgan fingerprint density at radius 1 is 1.03 bits per heavy atom. The highest BCUT2D eigenvalue weighted by molar-refractivity contribution is 6.45. The van der Waals surface area contributed by atoms with Crippen LogP contribution in [0.1, 0.15) is 43.7 Å². The van der Waals surface area contributed by atoms with Crippen molar-refractivity contribution in [2.75, 3.05) is 24.6 Å². The Bertz CT molecular complexity index is 1010. The molecule has 1 saturated heterocycles. The lowest BCUT2D eigenvalue weighted by atomic mass is 9.97. The number of amides is 2. The molecular weight excluding hydrogens is 424 g/mol. The van der Waals surface area contributed by atoms with Crippen LogP contribution in [0.3, 0.4) is 0 Å². The fourth-order valence-electron chi connectivity index (χ4n) is 4.53. The number of halogens is 1. The number of anilines is 1. The van der Waals surface area contributed by atoms with Crippen molar-refractivity contribution < 1.29 is 14.7 Å². The Balaban J connectivity index is 1.72. The number of hydrogen-bond donors (Lipinski definition) is 1. The summed E-state index contributed by atoms with van der Waals surface area (Å²) in [6, 6.07) is 14.7. The maximum atomic E-state index is 13.6. The van der Waals surface area contributed by atoms with Gasteiger partial charge in [0.15, 0.2) is 0 Å². The number of benzene rings is 2. The van der Waals surface area contributed by atoms with E-state index in [0.717, 1.165) is 32.1 Å². The van der Waals surface area contributed by atoms with Gasteiger partial charge in [-0.15, -0.1) is 0 Å². The molecule has 2 amide bonds. The van der Waals surface area contributed by atoms with Gasteiger partial charge in [0.05, 0.1) is 11.3 Å². The first-order valence-corrected chi connectivity index (χ1v) is 11.7. The first-order chi connectivity index (χ1) is 15.5. The second-order valence-corrected chi connectivity index (χ2v) is 9.02. The fraction of sp³-hybridized carbons (Fsp3) is 0.385. The van der Waals surface area contributed by atoms with E-state index in [-0.39, 0.29) is 24.3 Å². The van der Waals surface area contributed by atoms with Crippen LogP contribution in [-0.4, -0.2) is 41.5 Å². The SMILES string of the molecule is CCCCc1ccc(N2C(=O)C(c3ccc(Cl)cc3)=C(N3CCCC(CO)C3)C2=O)cc1. The zero-order valence-electron chi connectivity index (χ0n) is 18.4. The second-order valence-electron chi connectivity index (χ2n) is 8.58. The predicted molar refractivity (Wildman–Crippen MR) is 127 cm³/mol. The Morgan fingerprint density at radius 3 is 2.41 bits per heavy atom. The number of piperidine rings is 1. The third-order valence-corrected chi connectivity index (χ3v) is 6.55. The summed E-state index contributed by atoms with van der Waals surface area (Å²) in [6.45, 7) is 3.48. The number of aliphatic hydroxyl groups excluding tert-OH is 1. The van der Waals surface area contributed by atoms with E-state index in [9.17, 15) is 14.7 Å². The van der Waals surface area contributed by atoms with Crippen molar-refractivity contribution in [3.05, 3.63) is 70.4 Å². The van der Waals surface area contributed by atoms with E-state index in [0.29, 0.717) is 40.6 Å². The molecule has 1 atom stereocenters. The molecule has 0 bridgehead atoms. The summed E-state index contributed by atoms with van der Waals surface area (Å²) in [4.78, 5) is 30.5. The number of likely N-dealkylation sites (tertiary alicyclic amines) is 1. The largest absolute Gasteiger partial charge is 0.396 e. The van der Waals surface area contributed by atoms with Gasteiger partial charge in [0.2, 0.25) is 0 Å². The molecule has 4 rings (SSSR count). The van der Waals surface area contributed by atoms with E-state index in [1.165, 1.54) is 10.5 Å². The number of imide groups is 1. The van der Waals surface area contributed by atoms with Crippen LogP contribution in [0.2, 0.25) is 5.02 Å². The van der Waals surface area contributed by atoms with Crippen molar-refractivity contribution in [2.45, 2.75) is 39.0 Å². The van der Waals surface area contributed by atoms with Gasteiger partial charge in [0, 0.05) is 24.7 Å². The average Bonchev–Trinajstić information content (AvgIpc) is 3.08. The maximum Gasteiger partial charge on any atom is 0.282 e. The first-order valence-electron chi connectivity index (χ1n) is 11.4. The van der Waals surface area contributed by atoms with Crippen molar-refractivity contribution in [1.29, 1.82) is 0 Å². The smallest absolute Gasteiger partial charge is 0.282 e. The van der Waals surface area contributed by atoms with Crippen LogP contribution < -0.4 is 4.90 Å². The van der Waals surface area contributed by atoms with Gasteiger partial charge < -0.3 is 10.0 Å². The number of nitrogens with zero attached hydrogens (tertiary/aromatic N) is 2. The Labute approximate surface area is 194 Å². The van der Waals surface area contributed by atoms with Crippen LogP contribution in [0.25, 0.3) is 5.57 Å². The number of hydrogen-bond acceptors (Lipinski definition) is 4. The van der Waals surface area contributed by atoms with Crippen molar-refractivity contribution in [3.8, 4) is 0 Å². The number of carbonyl (C=O) groups excluding carboxylic acids is 2. The standard InChI is InChI=1S/C26H29ClN2O3/c1-2-3-5-18-7-13-22(14-8-18)29-25(31)23(20-9-11-21(27)12-10-20)24(26(29)32)28-15-4-6-19(16-28)17-30/h7-14,19,30H,2-6,15-17H2,1H3. The van der Waals surface area contributed by atoms with E-state index in [1.54, 1.807) is 24.3 Å². The van der Waals surface area contributed by atoms with Crippen LogP contribution in [0.5, 0.6) is 0 Å². The molecule has 0 spiro atoms. The van der Waals surface area contributed by atoms with Crippen molar-refractivity contribution in [3.63, 3.8) is 0 Å². The molecule has 1 unspecified atom stereocenters. The third kappa shape index (κ3) is 4.45. The zero-order valence-corrected chi connectivity index (χ0v) is 19.1. The molecule has 2 aromatic rings. The highest BCUT2D eigenvalue weighted by Crippen LogP contribution is 2.36. The molecular formula is C26H29ClN2O3. The molecule has 0 radical (unpaired) electrons. The molecule has 0 aromatic heterocycles. The molecule has 2 aliphatic heterocycles. The van der Waals surface area contributed by atoms with Gasteiger partial charge in [-0.05, 0) is 67.0 Å². The molecule has 0 aliphatic carbocycles. The molecule has 168 valence electrons. The molecule has 5 nitrogen and oxygen atoms in total. The lowest BCUT2D eigenvalue weighted by molar-refractivity contribution is -0.120. The molecule has 6 heteroatoms. The van der Waals surface area contributed by atoms with Crippen LogP contribution >= 0.6 is 11.6 Å². The summed E-state index contributed by atoms with van der Waals surface area (Å²) in [5.41, 5.74) is 3.28. The summed E-state index contributed by atoms with van der Waals surface area (Å²) >= 11 is 6.07. The quantitative estimate of drug-likeness (QED) is 0.620. The summed E-state index contributed by atoms with van der Waals surface area (Å²) in [7, 11) is 0. The molecule has 2 heterocycles.